The summed E-state index contributed by atoms with van der Waals surface area (Å²) >= 11 is 0. The molecular weight excluding hydrogens is 209 g/mol. The third-order valence-corrected chi connectivity index (χ3v) is 2.29. The number of benzene rings is 1. The minimum atomic E-state index is -0.652. The van der Waals surface area contributed by atoms with Crippen molar-refractivity contribution < 1.29 is 14.3 Å². The summed E-state index contributed by atoms with van der Waals surface area (Å²) in [5, 5.41) is 12.1. The van der Waals surface area contributed by atoms with Crippen molar-refractivity contribution in [2.24, 2.45) is 5.92 Å². The number of carbonyl (C=O) groups excluding carboxylic acids is 1. The Morgan fingerprint density at radius 3 is 2.44 bits per heavy atom. The molecule has 0 aliphatic rings. The summed E-state index contributed by atoms with van der Waals surface area (Å²) in [6, 6.07) is 5.51. The summed E-state index contributed by atoms with van der Waals surface area (Å²) < 4.78 is 12.6. The molecule has 0 aliphatic heterocycles. The van der Waals surface area contributed by atoms with Gasteiger partial charge in [-0.2, -0.15) is 0 Å². The largest absolute Gasteiger partial charge is 0.392 e. The number of anilines is 1. The number of halogens is 1. The van der Waals surface area contributed by atoms with Gasteiger partial charge in [0.2, 0.25) is 5.91 Å². The minimum Gasteiger partial charge on any atom is -0.392 e. The van der Waals surface area contributed by atoms with E-state index >= 15 is 0 Å². The summed E-state index contributed by atoms with van der Waals surface area (Å²) in [5.41, 5.74) is 0.530. The Kier molecular flexibility index (Phi) is 4.43. The summed E-state index contributed by atoms with van der Waals surface area (Å²) in [6.07, 6.45) is -0.602. The first-order chi connectivity index (χ1) is 7.49. The van der Waals surface area contributed by atoms with E-state index < -0.39 is 6.10 Å². The molecule has 1 rings (SSSR count). The van der Waals surface area contributed by atoms with Crippen LogP contribution in [0.3, 0.4) is 0 Å². The van der Waals surface area contributed by atoms with Crippen LogP contribution in [0.4, 0.5) is 10.1 Å². The highest BCUT2D eigenvalue weighted by molar-refractivity contribution is 5.90. The quantitative estimate of drug-likeness (QED) is 0.825. The lowest BCUT2D eigenvalue weighted by molar-refractivity contribution is -0.118. The maximum Gasteiger partial charge on any atom is 0.226 e. The second-order valence-electron chi connectivity index (χ2n) is 4.07. The van der Waals surface area contributed by atoms with Crippen molar-refractivity contribution in [2.75, 3.05) is 5.32 Å². The van der Waals surface area contributed by atoms with Crippen molar-refractivity contribution in [3.05, 3.63) is 30.1 Å². The first-order valence-electron chi connectivity index (χ1n) is 5.22. The lowest BCUT2D eigenvalue weighted by atomic mass is 10.0. The van der Waals surface area contributed by atoms with Crippen LogP contribution in [0, 0.1) is 11.7 Å². The van der Waals surface area contributed by atoms with Crippen molar-refractivity contribution in [2.45, 2.75) is 26.4 Å². The molecule has 16 heavy (non-hydrogen) atoms. The number of aliphatic hydroxyl groups excluding tert-OH is 1. The van der Waals surface area contributed by atoms with Crippen molar-refractivity contribution in [3.63, 3.8) is 0 Å². The Morgan fingerprint density at radius 1 is 1.38 bits per heavy atom. The molecule has 0 aromatic heterocycles. The Bertz CT molecular complexity index is 349. The number of amides is 1. The van der Waals surface area contributed by atoms with E-state index in [0.717, 1.165) is 0 Å². The van der Waals surface area contributed by atoms with E-state index in [4.69, 9.17) is 0 Å². The molecule has 3 nitrogen and oxygen atoms in total. The van der Waals surface area contributed by atoms with Crippen LogP contribution >= 0.6 is 0 Å². The van der Waals surface area contributed by atoms with Crippen molar-refractivity contribution in [1.29, 1.82) is 0 Å². The molecule has 88 valence electrons. The van der Waals surface area contributed by atoms with Crippen LogP contribution < -0.4 is 5.32 Å². The molecule has 0 heterocycles. The first-order valence-corrected chi connectivity index (χ1v) is 5.22. The zero-order chi connectivity index (χ0) is 12.1. The second-order valence-corrected chi connectivity index (χ2v) is 4.07. The van der Waals surface area contributed by atoms with E-state index in [-0.39, 0.29) is 24.1 Å². The van der Waals surface area contributed by atoms with E-state index in [0.29, 0.717) is 5.69 Å². The first kappa shape index (κ1) is 12.6. The Hall–Kier alpha value is -1.42. The van der Waals surface area contributed by atoms with Gasteiger partial charge in [-0.1, -0.05) is 13.8 Å². The molecule has 0 saturated carbocycles. The molecule has 1 atom stereocenters. The molecule has 4 heteroatoms. The topological polar surface area (TPSA) is 49.3 Å². The van der Waals surface area contributed by atoms with E-state index in [1.165, 1.54) is 24.3 Å². The van der Waals surface area contributed by atoms with Gasteiger partial charge in [-0.25, -0.2) is 4.39 Å². The predicted molar refractivity (Wildman–Crippen MR) is 60.5 cm³/mol. The average molecular weight is 225 g/mol. The van der Waals surface area contributed by atoms with Gasteiger partial charge in [-0.3, -0.25) is 4.79 Å². The zero-order valence-corrected chi connectivity index (χ0v) is 9.40. The maximum atomic E-state index is 12.6. The molecule has 0 bridgehead atoms. The lowest BCUT2D eigenvalue weighted by Crippen LogP contribution is -2.23. The Morgan fingerprint density at radius 2 is 1.94 bits per heavy atom. The van der Waals surface area contributed by atoms with Gasteiger partial charge in [-0.15, -0.1) is 0 Å². The summed E-state index contributed by atoms with van der Waals surface area (Å²) in [6.45, 7) is 3.69. The Balaban J connectivity index is 2.48. The number of hydrogen-bond donors (Lipinski definition) is 2. The number of hydrogen-bond acceptors (Lipinski definition) is 2. The van der Waals surface area contributed by atoms with Crippen LogP contribution in [0.25, 0.3) is 0 Å². The van der Waals surface area contributed by atoms with Crippen LogP contribution in [0.1, 0.15) is 20.3 Å². The van der Waals surface area contributed by atoms with Gasteiger partial charge in [0.1, 0.15) is 5.82 Å². The second kappa shape index (κ2) is 5.61. The highest BCUT2D eigenvalue weighted by Crippen LogP contribution is 2.11. The van der Waals surface area contributed by atoms with E-state index in [1.54, 1.807) is 0 Å². The van der Waals surface area contributed by atoms with E-state index in [2.05, 4.69) is 5.32 Å². The average Bonchev–Trinajstić information content (AvgIpc) is 2.21. The monoisotopic (exact) mass is 225 g/mol. The van der Waals surface area contributed by atoms with Crippen LogP contribution in [-0.4, -0.2) is 17.1 Å². The molecule has 0 saturated heterocycles. The zero-order valence-electron chi connectivity index (χ0n) is 9.40. The lowest BCUT2D eigenvalue weighted by Gasteiger charge is -2.13. The molecule has 0 radical (unpaired) electrons. The van der Waals surface area contributed by atoms with Crippen LogP contribution in [-0.2, 0) is 4.79 Å². The van der Waals surface area contributed by atoms with Crippen LogP contribution in [0.15, 0.2) is 24.3 Å². The highest BCUT2D eigenvalue weighted by atomic mass is 19.1. The number of aliphatic hydroxyl groups is 1. The van der Waals surface area contributed by atoms with Gasteiger partial charge in [0.15, 0.2) is 0 Å². The summed E-state index contributed by atoms with van der Waals surface area (Å²) in [5.74, 6) is -0.577. The molecular formula is C12H16FNO2. The molecule has 1 aromatic rings. The van der Waals surface area contributed by atoms with Gasteiger partial charge >= 0.3 is 0 Å². The molecule has 2 N–H and O–H groups in total. The summed E-state index contributed by atoms with van der Waals surface area (Å²) in [7, 11) is 0. The SMILES string of the molecule is CC(C)C(O)CC(=O)Nc1ccc(F)cc1. The minimum absolute atomic E-state index is 0.0407. The van der Waals surface area contributed by atoms with Crippen LogP contribution in [0.5, 0.6) is 0 Å². The molecule has 1 aromatic carbocycles. The fraction of sp³-hybridized carbons (Fsp3) is 0.417. The molecule has 0 aliphatic carbocycles. The van der Waals surface area contributed by atoms with Gasteiger partial charge in [0.05, 0.1) is 12.5 Å². The van der Waals surface area contributed by atoms with Crippen molar-refractivity contribution in [3.8, 4) is 0 Å². The molecule has 0 fully saturated rings. The van der Waals surface area contributed by atoms with Crippen molar-refractivity contribution in [1.82, 2.24) is 0 Å². The molecule has 1 unspecified atom stereocenters. The normalized spacial score (nSPS) is 12.6. The third-order valence-electron chi connectivity index (χ3n) is 2.29. The smallest absolute Gasteiger partial charge is 0.226 e. The standard InChI is InChI=1S/C12H16FNO2/c1-8(2)11(15)7-12(16)14-10-5-3-9(13)4-6-10/h3-6,8,11,15H,7H2,1-2H3,(H,14,16). The maximum absolute atomic E-state index is 12.6. The summed E-state index contributed by atoms with van der Waals surface area (Å²) in [4.78, 5) is 11.4. The number of rotatable bonds is 4. The molecule has 1 amide bonds. The highest BCUT2D eigenvalue weighted by Gasteiger charge is 2.14. The van der Waals surface area contributed by atoms with E-state index in [1.807, 2.05) is 13.8 Å². The van der Waals surface area contributed by atoms with E-state index in [9.17, 15) is 14.3 Å². The number of carbonyl (C=O) groups is 1. The fourth-order valence-electron chi connectivity index (χ4n) is 1.17. The van der Waals surface area contributed by atoms with Crippen LogP contribution in [0.2, 0.25) is 0 Å². The molecule has 0 spiro atoms. The third kappa shape index (κ3) is 3.98. The van der Waals surface area contributed by atoms with Gasteiger partial charge < -0.3 is 10.4 Å². The predicted octanol–water partition coefficient (Wildman–Crippen LogP) is 2.17. The fourth-order valence-corrected chi connectivity index (χ4v) is 1.17. The van der Waals surface area contributed by atoms with Crippen molar-refractivity contribution >= 4 is 11.6 Å². The van der Waals surface area contributed by atoms with Gasteiger partial charge in [-0.05, 0) is 30.2 Å². The number of nitrogens with one attached hydrogen (secondary N) is 1. The van der Waals surface area contributed by atoms with Gasteiger partial charge in [0, 0.05) is 5.69 Å². The van der Waals surface area contributed by atoms with Gasteiger partial charge in [0.25, 0.3) is 0 Å². The Labute approximate surface area is 94.3 Å².